The molecule has 0 spiro atoms. The van der Waals surface area contributed by atoms with Gasteiger partial charge in [0.15, 0.2) is 0 Å². The van der Waals surface area contributed by atoms with Crippen LogP contribution in [0, 0.1) is 11.3 Å². The van der Waals surface area contributed by atoms with Gasteiger partial charge in [0.2, 0.25) is 0 Å². The van der Waals surface area contributed by atoms with Crippen molar-refractivity contribution in [1.29, 1.82) is 5.26 Å². The molecule has 138 valence electrons. The smallest absolute Gasteiger partial charge is 0.298 e. The summed E-state index contributed by atoms with van der Waals surface area (Å²) in [5.41, 5.74) is 3.46. The fraction of sp³-hybridized carbons (Fsp3) is 0.136. The number of nitriles is 1. The number of nitrogens with one attached hydrogen (secondary N) is 1. The number of hydrogen-bond acceptors (Lipinski definition) is 4. The number of hydrogen-bond donors (Lipinski definition) is 1. The summed E-state index contributed by atoms with van der Waals surface area (Å²) in [4.78, 5) is 29.1. The molecule has 2 aromatic carbocycles. The van der Waals surface area contributed by atoms with Crippen molar-refractivity contribution < 1.29 is 0 Å². The number of fused-ring (bicyclic) bond motifs is 1. The molecule has 4 rings (SSSR count). The number of aromatic amines is 1. The van der Waals surface area contributed by atoms with Gasteiger partial charge in [-0.15, -0.1) is 11.3 Å². The molecule has 0 radical (unpaired) electrons. The van der Waals surface area contributed by atoms with Crippen LogP contribution in [0.1, 0.15) is 23.6 Å². The molecule has 6 heteroatoms. The minimum absolute atomic E-state index is 0.115. The molecular weight excluding hydrogens is 370 g/mol. The van der Waals surface area contributed by atoms with Gasteiger partial charge in [-0.3, -0.25) is 14.3 Å². The van der Waals surface area contributed by atoms with E-state index < -0.39 is 5.69 Å². The number of nitrogens with zero attached hydrogens (tertiary/aromatic N) is 2. The van der Waals surface area contributed by atoms with Gasteiger partial charge in [-0.05, 0) is 35.2 Å². The SMILES string of the molecule is CCc1ccc(-c2csc3[nH]c(=O)n(Cc4cccc(C#N)c4)c(=O)c23)cc1. The van der Waals surface area contributed by atoms with E-state index in [1.54, 1.807) is 24.3 Å². The maximum absolute atomic E-state index is 13.2. The van der Waals surface area contributed by atoms with E-state index in [2.05, 4.69) is 30.1 Å². The lowest BCUT2D eigenvalue weighted by atomic mass is 10.0. The third-order valence-electron chi connectivity index (χ3n) is 4.79. The van der Waals surface area contributed by atoms with Crippen molar-refractivity contribution in [2.45, 2.75) is 19.9 Å². The molecule has 2 aromatic heterocycles. The van der Waals surface area contributed by atoms with Crippen molar-refractivity contribution in [3.63, 3.8) is 0 Å². The number of rotatable bonds is 4. The highest BCUT2D eigenvalue weighted by molar-refractivity contribution is 7.17. The highest BCUT2D eigenvalue weighted by atomic mass is 32.1. The van der Waals surface area contributed by atoms with Crippen molar-refractivity contribution >= 4 is 21.6 Å². The van der Waals surface area contributed by atoms with E-state index >= 15 is 0 Å². The third kappa shape index (κ3) is 3.17. The molecule has 0 aliphatic rings. The minimum Gasteiger partial charge on any atom is -0.298 e. The largest absolute Gasteiger partial charge is 0.329 e. The Balaban J connectivity index is 1.85. The normalized spacial score (nSPS) is 10.9. The van der Waals surface area contributed by atoms with Crippen LogP contribution in [0.25, 0.3) is 21.3 Å². The monoisotopic (exact) mass is 387 g/mol. The molecule has 2 heterocycles. The predicted molar refractivity (Wildman–Crippen MR) is 112 cm³/mol. The summed E-state index contributed by atoms with van der Waals surface area (Å²) in [5.74, 6) is 0. The number of benzene rings is 2. The van der Waals surface area contributed by atoms with Crippen molar-refractivity contribution in [3.8, 4) is 17.2 Å². The Morgan fingerprint density at radius 2 is 1.89 bits per heavy atom. The summed E-state index contributed by atoms with van der Waals surface area (Å²) >= 11 is 1.36. The fourth-order valence-corrected chi connectivity index (χ4v) is 4.20. The van der Waals surface area contributed by atoms with Crippen molar-refractivity contribution in [1.82, 2.24) is 9.55 Å². The fourth-order valence-electron chi connectivity index (χ4n) is 3.25. The summed E-state index contributed by atoms with van der Waals surface area (Å²) in [6, 6.07) is 17.1. The van der Waals surface area contributed by atoms with Crippen molar-refractivity contribution in [2.24, 2.45) is 0 Å². The molecule has 0 aliphatic carbocycles. The molecule has 0 atom stereocenters. The van der Waals surface area contributed by atoms with Gasteiger partial charge in [0.1, 0.15) is 4.83 Å². The Bertz CT molecular complexity index is 1320. The van der Waals surface area contributed by atoms with Gasteiger partial charge in [-0.2, -0.15) is 5.26 Å². The molecule has 5 nitrogen and oxygen atoms in total. The van der Waals surface area contributed by atoms with Gasteiger partial charge in [0, 0.05) is 10.9 Å². The van der Waals surface area contributed by atoms with Gasteiger partial charge < -0.3 is 0 Å². The lowest BCUT2D eigenvalue weighted by Gasteiger charge is -2.07. The van der Waals surface area contributed by atoms with E-state index in [0.29, 0.717) is 15.8 Å². The van der Waals surface area contributed by atoms with Crippen molar-refractivity contribution in [2.75, 3.05) is 0 Å². The molecule has 0 saturated heterocycles. The van der Waals surface area contributed by atoms with Crippen LogP contribution >= 0.6 is 11.3 Å². The standard InChI is InChI=1S/C22H17N3O2S/c1-2-14-6-8-17(9-7-14)18-13-28-20-19(18)21(26)25(22(27)24-20)12-16-5-3-4-15(10-16)11-23/h3-10,13H,2,12H2,1H3,(H,24,27). The van der Waals surface area contributed by atoms with E-state index in [1.807, 2.05) is 17.5 Å². The number of aryl methyl sites for hydroxylation is 1. The summed E-state index contributed by atoms with van der Waals surface area (Å²) < 4.78 is 1.19. The minimum atomic E-state index is -0.449. The van der Waals surface area contributed by atoms with Gasteiger partial charge in [-0.1, -0.05) is 43.3 Å². The number of thiophene rings is 1. The summed E-state index contributed by atoms with van der Waals surface area (Å²) in [5, 5.41) is 11.5. The van der Waals surface area contributed by atoms with Gasteiger partial charge in [0.05, 0.1) is 23.6 Å². The Labute approximate surface area is 165 Å². The summed E-state index contributed by atoms with van der Waals surface area (Å²) in [6.45, 7) is 2.21. The second-order valence-corrected chi connectivity index (χ2v) is 7.42. The number of H-pyrrole nitrogens is 1. The predicted octanol–water partition coefficient (Wildman–Crippen LogP) is 3.90. The van der Waals surface area contributed by atoms with Crippen LogP contribution in [-0.2, 0) is 13.0 Å². The highest BCUT2D eigenvalue weighted by Gasteiger charge is 2.15. The van der Waals surface area contributed by atoms with E-state index in [0.717, 1.165) is 23.1 Å². The zero-order chi connectivity index (χ0) is 19.7. The summed E-state index contributed by atoms with van der Waals surface area (Å²) in [6.07, 6.45) is 0.951. The van der Waals surface area contributed by atoms with Crippen LogP contribution in [-0.4, -0.2) is 9.55 Å². The molecule has 4 aromatic rings. The molecule has 0 fully saturated rings. The Morgan fingerprint density at radius 1 is 1.11 bits per heavy atom. The Kier molecular flexibility index (Phi) is 4.68. The maximum atomic E-state index is 13.2. The van der Waals surface area contributed by atoms with Crippen LogP contribution in [0.2, 0.25) is 0 Å². The molecule has 0 amide bonds. The van der Waals surface area contributed by atoms with Crippen LogP contribution in [0.3, 0.4) is 0 Å². The Morgan fingerprint density at radius 3 is 2.61 bits per heavy atom. The first-order valence-electron chi connectivity index (χ1n) is 8.93. The van der Waals surface area contributed by atoms with Gasteiger partial charge in [0.25, 0.3) is 5.56 Å². The topological polar surface area (TPSA) is 78.7 Å². The maximum Gasteiger partial charge on any atom is 0.329 e. The van der Waals surface area contributed by atoms with Gasteiger partial charge >= 0.3 is 5.69 Å². The first-order chi connectivity index (χ1) is 13.6. The number of aromatic nitrogens is 2. The van der Waals surface area contributed by atoms with E-state index in [-0.39, 0.29) is 12.1 Å². The summed E-state index contributed by atoms with van der Waals surface area (Å²) in [7, 11) is 0. The van der Waals surface area contributed by atoms with E-state index in [1.165, 1.54) is 21.5 Å². The van der Waals surface area contributed by atoms with Crippen LogP contribution in [0.15, 0.2) is 63.5 Å². The molecule has 0 unspecified atom stereocenters. The molecule has 0 aliphatic heterocycles. The van der Waals surface area contributed by atoms with Crippen LogP contribution in [0.5, 0.6) is 0 Å². The highest BCUT2D eigenvalue weighted by Crippen LogP contribution is 2.30. The van der Waals surface area contributed by atoms with Gasteiger partial charge in [-0.25, -0.2) is 4.79 Å². The Hall–Kier alpha value is -3.43. The second kappa shape index (κ2) is 7.29. The first kappa shape index (κ1) is 18.0. The first-order valence-corrected chi connectivity index (χ1v) is 9.81. The van der Waals surface area contributed by atoms with E-state index in [9.17, 15) is 9.59 Å². The molecule has 0 saturated carbocycles. The van der Waals surface area contributed by atoms with Crippen LogP contribution < -0.4 is 11.2 Å². The molecule has 0 bridgehead atoms. The molecular formula is C22H17N3O2S. The quantitative estimate of drug-likeness (QED) is 0.577. The average molecular weight is 387 g/mol. The third-order valence-corrected chi connectivity index (χ3v) is 5.68. The lowest BCUT2D eigenvalue weighted by molar-refractivity contribution is 0.713. The second-order valence-electron chi connectivity index (χ2n) is 6.54. The zero-order valence-corrected chi connectivity index (χ0v) is 16.0. The average Bonchev–Trinajstić information content (AvgIpc) is 3.15. The zero-order valence-electron chi connectivity index (χ0n) is 15.2. The van der Waals surface area contributed by atoms with Crippen LogP contribution in [0.4, 0.5) is 0 Å². The van der Waals surface area contributed by atoms with Crippen molar-refractivity contribution in [3.05, 3.63) is 91.4 Å². The lowest BCUT2D eigenvalue weighted by Crippen LogP contribution is -2.35. The molecule has 28 heavy (non-hydrogen) atoms. The van der Waals surface area contributed by atoms with E-state index in [4.69, 9.17) is 5.26 Å². The molecule has 1 N–H and O–H groups in total.